The van der Waals surface area contributed by atoms with Crippen molar-refractivity contribution in [3.8, 4) is 0 Å². The van der Waals surface area contributed by atoms with Crippen LogP contribution < -0.4 is 10.6 Å². The van der Waals surface area contributed by atoms with Crippen molar-refractivity contribution in [2.45, 2.75) is 25.9 Å². The molecule has 0 aliphatic heterocycles. The van der Waals surface area contributed by atoms with E-state index in [-0.39, 0.29) is 6.04 Å². The van der Waals surface area contributed by atoms with E-state index >= 15 is 0 Å². The number of benzene rings is 1. The van der Waals surface area contributed by atoms with Crippen molar-refractivity contribution in [3.63, 3.8) is 0 Å². The molecule has 0 radical (unpaired) electrons. The molecule has 1 heterocycles. The maximum absolute atomic E-state index is 6.31. The largest absolute Gasteiger partial charge is 0.378 e. The van der Waals surface area contributed by atoms with Crippen LogP contribution in [0.4, 0.5) is 5.69 Å². The second kappa shape index (κ2) is 5.89. The van der Waals surface area contributed by atoms with E-state index in [0.29, 0.717) is 0 Å². The van der Waals surface area contributed by atoms with Gasteiger partial charge in [-0.2, -0.15) is 0 Å². The van der Waals surface area contributed by atoms with Crippen molar-refractivity contribution in [1.82, 2.24) is 9.55 Å². The maximum atomic E-state index is 6.31. The quantitative estimate of drug-likeness (QED) is 0.894. The summed E-state index contributed by atoms with van der Waals surface area (Å²) < 4.78 is 2.13. The molecule has 1 aromatic heterocycles. The molecule has 2 aromatic rings. The number of aryl methyl sites for hydroxylation is 1. The van der Waals surface area contributed by atoms with Gasteiger partial charge in [-0.1, -0.05) is 12.1 Å². The molecule has 2 rings (SSSR count). The minimum absolute atomic E-state index is 0.0207. The van der Waals surface area contributed by atoms with Crippen LogP contribution in [0.15, 0.2) is 36.7 Å². The lowest BCUT2D eigenvalue weighted by Gasteiger charge is -2.17. The Kier molecular flexibility index (Phi) is 4.22. The summed E-state index contributed by atoms with van der Waals surface area (Å²) in [5.41, 5.74) is 8.63. The van der Waals surface area contributed by atoms with Crippen molar-refractivity contribution < 1.29 is 0 Å². The van der Waals surface area contributed by atoms with E-state index in [4.69, 9.17) is 5.73 Å². The summed E-state index contributed by atoms with van der Waals surface area (Å²) in [5.74, 6) is 1.05. The van der Waals surface area contributed by atoms with Gasteiger partial charge in [-0.15, -0.1) is 0 Å². The fourth-order valence-electron chi connectivity index (χ4n) is 2.17. The molecule has 0 amide bonds. The molecule has 0 aliphatic rings. The minimum atomic E-state index is -0.0207. The van der Waals surface area contributed by atoms with Crippen LogP contribution in [0.3, 0.4) is 0 Å². The summed E-state index contributed by atoms with van der Waals surface area (Å²) in [6.07, 6.45) is 4.60. The third-order valence-electron chi connectivity index (χ3n) is 3.36. The van der Waals surface area contributed by atoms with Gasteiger partial charge in [0.1, 0.15) is 5.82 Å². The molecule has 4 heteroatoms. The van der Waals surface area contributed by atoms with Crippen LogP contribution >= 0.6 is 0 Å². The second-order valence-corrected chi connectivity index (χ2v) is 4.93. The van der Waals surface area contributed by atoms with Crippen LogP contribution in [0, 0.1) is 0 Å². The zero-order valence-electron chi connectivity index (χ0n) is 11.9. The lowest BCUT2D eigenvalue weighted by atomic mass is 10.0. The zero-order chi connectivity index (χ0) is 13.8. The predicted octanol–water partition coefficient (Wildman–Crippen LogP) is 2.21. The van der Waals surface area contributed by atoms with Crippen molar-refractivity contribution in [2.75, 3.05) is 19.0 Å². The maximum Gasteiger partial charge on any atom is 0.110 e. The predicted molar refractivity (Wildman–Crippen MR) is 79.3 cm³/mol. The molecule has 4 nitrogen and oxygen atoms in total. The molecule has 0 saturated carbocycles. The summed E-state index contributed by atoms with van der Waals surface area (Å²) >= 11 is 0. The SMILES string of the molecule is CCn1ccnc1CC(N)c1cccc(N(C)C)c1. The van der Waals surface area contributed by atoms with Crippen LogP contribution in [0.25, 0.3) is 0 Å². The normalized spacial score (nSPS) is 12.4. The zero-order valence-corrected chi connectivity index (χ0v) is 11.9. The van der Waals surface area contributed by atoms with E-state index in [1.54, 1.807) is 0 Å². The highest BCUT2D eigenvalue weighted by Crippen LogP contribution is 2.20. The summed E-state index contributed by atoms with van der Waals surface area (Å²) in [6.45, 7) is 3.04. The van der Waals surface area contributed by atoms with E-state index in [1.807, 2.05) is 26.5 Å². The van der Waals surface area contributed by atoms with Gasteiger partial charge in [-0.05, 0) is 24.6 Å². The van der Waals surface area contributed by atoms with Crippen molar-refractivity contribution in [2.24, 2.45) is 5.73 Å². The molecule has 1 atom stereocenters. The van der Waals surface area contributed by atoms with E-state index in [9.17, 15) is 0 Å². The van der Waals surface area contributed by atoms with Gasteiger partial charge in [-0.3, -0.25) is 0 Å². The van der Waals surface area contributed by atoms with Gasteiger partial charge in [0.2, 0.25) is 0 Å². The van der Waals surface area contributed by atoms with Gasteiger partial charge in [0, 0.05) is 51.2 Å². The number of rotatable bonds is 5. The molecule has 1 unspecified atom stereocenters. The second-order valence-electron chi connectivity index (χ2n) is 4.93. The Morgan fingerprint density at radius 2 is 2.16 bits per heavy atom. The minimum Gasteiger partial charge on any atom is -0.378 e. The number of imidazole rings is 1. The number of aromatic nitrogens is 2. The average molecular weight is 258 g/mol. The Morgan fingerprint density at radius 1 is 1.37 bits per heavy atom. The lowest BCUT2D eigenvalue weighted by molar-refractivity contribution is 0.628. The fourth-order valence-corrected chi connectivity index (χ4v) is 2.17. The van der Waals surface area contributed by atoms with Crippen LogP contribution in [-0.2, 0) is 13.0 Å². The van der Waals surface area contributed by atoms with Gasteiger partial charge in [0.05, 0.1) is 0 Å². The first-order valence-electron chi connectivity index (χ1n) is 6.64. The summed E-state index contributed by atoms with van der Waals surface area (Å²) in [6, 6.07) is 8.34. The molecule has 0 fully saturated rings. The Hall–Kier alpha value is -1.81. The molecule has 102 valence electrons. The van der Waals surface area contributed by atoms with Crippen molar-refractivity contribution in [1.29, 1.82) is 0 Å². The first-order chi connectivity index (χ1) is 9.11. The van der Waals surface area contributed by atoms with Gasteiger partial charge in [-0.25, -0.2) is 4.98 Å². The van der Waals surface area contributed by atoms with E-state index in [1.165, 1.54) is 5.69 Å². The highest BCUT2D eigenvalue weighted by molar-refractivity contribution is 5.47. The average Bonchev–Trinajstić information content (AvgIpc) is 2.86. The summed E-state index contributed by atoms with van der Waals surface area (Å²) in [4.78, 5) is 6.47. The summed E-state index contributed by atoms with van der Waals surface area (Å²) in [5, 5.41) is 0. The monoisotopic (exact) mass is 258 g/mol. The highest BCUT2D eigenvalue weighted by atomic mass is 15.1. The fraction of sp³-hybridized carbons (Fsp3) is 0.400. The third kappa shape index (κ3) is 3.15. The van der Waals surface area contributed by atoms with Gasteiger partial charge in [0.25, 0.3) is 0 Å². The molecular weight excluding hydrogens is 236 g/mol. The van der Waals surface area contributed by atoms with Crippen LogP contribution in [0.5, 0.6) is 0 Å². The molecule has 2 N–H and O–H groups in total. The standard InChI is InChI=1S/C15H22N4/c1-4-19-9-8-17-15(19)11-14(16)12-6-5-7-13(10-12)18(2)3/h5-10,14H,4,11,16H2,1-3H3. The summed E-state index contributed by atoms with van der Waals surface area (Å²) in [7, 11) is 4.07. The first kappa shape index (κ1) is 13.6. The Balaban J connectivity index is 2.15. The van der Waals surface area contributed by atoms with E-state index < -0.39 is 0 Å². The number of nitrogens with zero attached hydrogens (tertiary/aromatic N) is 3. The molecule has 19 heavy (non-hydrogen) atoms. The Morgan fingerprint density at radius 3 is 2.84 bits per heavy atom. The smallest absolute Gasteiger partial charge is 0.110 e. The Bertz CT molecular complexity index is 530. The van der Waals surface area contributed by atoms with Crippen LogP contribution in [0.2, 0.25) is 0 Å². The highest BCUT2D eigenvalue weighted by Gasteiger charge is 2.11. The topological polar surface area (TPSA) is 47.1 Å². The van der Waals surface area contributed by atoms with Crippen LogP contribution in [-0.4, -0.2) is 23.6 Å². The molecule has 1 aromatic carbocycles. The van der Waals surface area contributed by atoms with Gasteiger partial charge >= 0.3 is 0 Å². The number of hydrogen-bond acceptors (Lipinski definition) is 3. The molecule has 0 bridgehead atoms. The molecular formula is C15H22N4. The van der Waals surface area contributed by atoms with E-state index in [2.05, 4.69) is 45.6 Å². The molecule has 0 aliphatic carbocycles. The number of anilines is 1. The number of hydrogen-bond donors (Lipinski definition) is 1. The third-order valence-corrected chi connectivity index (χ3v) is 3.36. The van der Waals surface area contributed by atoms with Crippen molar-refractivity contribution >= 4 is 5.69 Å². The molecule has 0 saturated heterocycles. The first-order valence-corrected chi connectivity index (χ1v) is 6.64. The molecule has 0 spiro atoms. The van der Waals surface area contributed by atoms with E-state index in [0.717, 1.165) is 24.4 Å². The lowest BCUT2D eigenvalue weighted by Crippen LogP contribution is -2.17. The number of nitrogens with two attached hydrogens (primary N) is 1. The van der Waals surface area contributed by atoms with Crippen LogP contribution in [0.1, 0.15) is 24.4 Å². The van der Waals surface area contributed by atoms with Crippen molar-refractivity contribution in [3.05, 3.63) is 48.0 Å². The Labute approximate surface area is 114 Å². The van der Waals surface area contributed by atoms with Gasteiger partial charge in [0.15, 0.2) is 0 Å². The van der Waals surface area contributed by atoms with Gasteiger partial charge < -0.3 is 15.2 Å².